The summed E-state index contributed by atoms with van der Waals surface area (Å²) in [6.45, 7) is 1.57. The van der Waals surface area contributed by atoms with Crippen LogP contribution in [-0.2, 0) is 0 Å². The summed E-state index contributed by atoms with van der Waals surface area (Å²) in [5, 5.41) is 0.914. The van der Waals surface area contributed by atoms with Crippen LogP contribution in [0.25, 0.3) is 22.1 Å². The van der Waals surface area contributed by atoms with E-state index in [1.165, 1.54) is 0 Å². The van der Waals surface area contributed by atoms with Crippen molar-refractivity contribution in [2.24, 2.45) is 0 Å². The molecule has 1 aromatic heterocycles. The third kappa shape index (κ3) is 4.26. The highest BCUT2D eigenvalue weighted by Crippen LogP contribution is 2.37. The molecule has 4 aromatic carbocycles. The Balaban J connectivity index is 1.50. The number of hydrogen-bond acceptors (Lipinski definition) is 4. The topological polar surface area (TPSA) is 47.3 Å². The van der Waals surface area contributed by atoms with Gasteiger partial charge < -0.3 is 4.42 Å². The first kappa shape index (κ1) is 21.0. The molecule has 33 heavy (non-hydrogen) atoms. The van der Waals surface area contributed by atoms with Gasteiger partial charge in [0, 0.05) is 31.9 Å². The van der Waals surface area contributed by atoms with Crippen molar-refractivity contribution in [3.63, 3.8) is 0 Å². The lowest BCUT2D eigenvalue weighted by Gasteiger charge is -2.06. The standard InChI is InChI=1S/C29H20O3S/c1-19(30)20-11-15-23(16-12-20)33-24-17-13-21(14-18-24)27-25-9-5-6-10-26(25)32-29(27)28(31)22-7-3-2-4-8-22/h2-18H,1H3. The molecule has 4 heteroatoms. The molecule has 0 aliphatic rings. The van der Waals surface area contributed by atoms with E-state index < -0.39 is 0 Å². The van der Waals surface area contributed by atoms with Crippen molar-refractivity contribution in [2.45, 2.75) is 16.7 Å². The van der Waals surface area contributed by atoms with Crippen LogP contribution in [0.4, 0.5) is 0 Å². The van der Waals surface area contributed by atoms with Crippen LogP contribution in [-0.4, -0.2) is 11.6 Å². The molecule has 0 aliphatic carbocycles. The third-order valence-corrected chi connectivity index (χ3v) is 6.49. The summed E-state index contributed by atoms with van der Waals surface area (Å²) in [5.41, 5.74) is 3.73. The van der Waals surface area contributed by atoms with Gasteiger partial charge in [0.15, 0.2) is 11.5 Å². The van der Waals surface area contributed by atoms with Gasteiger partial charge in [-0.3, -0.25) is 9.59 Å². The first-order chi connectivity index (χ1) is 16.1. The molecule has 5 aromatic rings. The Bertz CT molecular complexity index is 1450. The Morgan fingerprint density at radius 3 is 1.94 bits per heavy atom. The average molecular weight is 449 g/mol. The fraction of sp³-hybridized carbons (Fsp3) is 0.0345. The number of benzene rings is 4. The fourth-order valence-corrected chi connectivity index (χ4v) is 4.61. The lowest BCUT2D eigenvalue weighted by molar-refractivity contribution is 0.100. The molecule has 0 unspecified atom stereocenters. The summed E-state index contributed by atoms with van der Waals surface area (Å²) >= 11 is 1.62. The van der Waals surface area contributed by atoms with E-state index in [4.69, 9.17) is 4.42 Å². The molecule has 0 saturated carbocycles. The van der Waals surface area contributed by atoms with Gasteiger partial charge in [-0.1, -0.05) is 84.6 Å². The van der Waals surface area contributed by atoms with Crippen molar-refractivity contribution in [2.75, 3.05) is 0 Å². The summed E-state index contributed by atoms with van der Waals surface area (Å²) in [7, 11) is 0. The number of para-hydroxylation sites is 1. The van der Waals surface area contributed by atoms with Crippen LogP contribution in [0.5, 0.6) is 0 Å². The molecule has 0 spiro atoms. The average Bonchev–Trinajstić information content (AvgIpc) is 3.24. The monoisotopic (exact) mass is 448 g/mol. The van der Waals surface area contributed by atoms with Gasteiger partial charge in [0.05, 0.1) is 0 Å². The van der Waals surface area contributed by atoms with E-state index in [1.807, 2.05) is 91.0 Å². The largest absolute Gasteiger partial charge is 0.452 e. The number of Topliss-reactive ketones (excluding diaryl/α,β-unsaturated/α-hetero) is 1. The van der Waals surface area contributed by atoms with Crippen LogP contribution in [0.15, 0.2) is 117 Å². The van der Waals surface area contributed by atoms with E-state index in [0.29, 0.717) is 22.5 Å². The van der Waals surface area contributed by atoms with E-state index in [1.54, 1.807) is 30.8 Å². The lowest BCUT2D eigenvalue weighted by Crippen LogP contribution is -2.01. The highest BCUT2D eigenvalue weighted by molar-refractivity contribution is 7.99. The number of ketones is 2. The predicted octanol–water partition coefficient (Wildman–Crippen LogP) is 7.68. The van der Waals surface area contributed by atoms with E-state index >= 15 is 0 Å². The smallest absolute Gasteiger partial charge is 0.228 e. The van der Waals surface area contributed by atoms with Crippen LogP contribution < -0.4 is 0 Å². The molecule has 0 bridgehead atoms. The molecule has 0 radical (unpaired) electrons. The Morgan fingerprint density at radius 1 is 0.667 bits per heavy atom. The van der Waals surface area contributed by atoms with Crippen LogP contribution >= 0.6 is 11.8 Å². The zero-order valence-corrected chi connectivity index (χ0v) is 18.8. The van der Waals surface area contributed by atoms with Crippen molar-refractivity contribution in [3.8, 4) is 11.1 Å². The fourth-order valence-electron chi connectivity index (χ4n) is 3.80. The minimum atomic E-state index is -0.134. The molecular formula is C29H20O3S. The minimum Gasteiger partial charge on any atom is -0.452 e. The molecular weight excluding hydrogens is 428 g/mol. The Labute approximate surface area is 196 Å². The van der Waals surface area contributed by atoms with Gasteiger partial charge >= 0.3 is 0 Å². The van der Waals surface area contributed by atoms with Gasteiger partial charge in [0.25, 0.3) is 0 Å². The van der Waals surface area contributed by atoms with E-state index in [-0.39, 0.29) is 11.6 Å². The van der Waals surface area contributed by atoms with E-state index in [9.17, 15) is 9.59 Å². The van der Waals surface area contributed by atoms with Crippen LogP contribution in [0.1, 0.15) is 33.4 Å². The maximum atomic E-state index is 13.3. The zero-order chi connectivity index (χ0) is 22.8. The number of carbonyl (C=O) groups excluding carboxylic acids is 2. The number of hydrogen-bond donors (Lipinski definition) is 0. The normalized spacial score (nSPS) is 10.9. The molecule has 0 atom stereocenters. The van der Waals surface area contributed by atoms with Gasteiger partial charge in [-0.05, 0) is 42.8 Å². The molecule has 5 rings (SSSR count). The van der Waals surface area contributed by atoms with Crippen molar-refractivity contribution < 1.29 is 14.0 Å². The third-order valence-electron chi connectivity index (χ3n) is 5.48. The van der Waals surface area contributed by atoms with Gasteiger partial charge in [0.1, 0.15) is 5.58 Å². The number of rotatable bonds is 6. The summed E-state index contributed by atoms with van der Waals surface area (Å²) in [6, 6.07) is 32.6. The highest BCUT2D eigenvalue weighted by atomic mass is 32.2. The highest BCUT2D eigenvalue weighted by Gasteiger charge is 2.22. The molecule has 0 saturated heterocycles. The van der Waals surface area contributed by atoms with Crippen LogP contribution in [0.3, 0.4) is 0 Å². The second-order valence-electron chi connectivity index (χ2n) is 7.70. The maximum absolute atomic E-state index is 13.3. The first-order valence-electron chi connectivity index (χ1n) is 10.6. The predicted molar refractivity (Wildman–Crippen MR) is 132 cm³/mol. The second-order valence-corrected chi connectivity index (χ2v) is 8.85. The Hall–Kier alpha value is -3.89. The van der Waals surface area contributed by atoms with Crippen LogP contribution in [0.2, 0.25) is 0 Å². The van der Waals surface area contributed by atoms with Crippen molar-refractivity contribution in [3.05, 3.63) is 120 Å². The van der Waals surface area contributed by atoms with Gasteiger partial charge in [-0.25, -0.2) is 0 Å². The van der Waals surface area contributed by atoms with Gasteiger partial charge in [-0.2, -0.15) is 0 Å². The zero-order valence-electron chi connectivity index (χ0n) is 17.9. The molecule has 3 nitrogen and oxygen atoms in total. The number of fused-ring (bicyclic) bond motifs is 1. The molecule has 0 N–H and O–H groups in total. The summed E-state index contributed by atoms with van der Waals surface area (Å²) in [5.74, 6) is 0.275. The number of carbonyl (C=O) groups is 2. The minimum absolute atomic E-state index is 0.0593. The van der Waals surface area contributed by atoms with E-state index in [2.05, 4.69) is 0 Å². The molecule has 0 aliphatic heterocycles. The van der Waals surface area contributed by atoms with Crippen molar-refractivity contribution in [1.29, 1.82) is 0 Å². The summed E-state index contributed by atoms with van der Waals surface area (Å²) < 4.78 is 6.04. The molecule has 0 fully saturated rings. The Morgan fingerprint density at radius 2 is 1.27 bits per heavy atom. The molecule has 0 amide bonds. The summed E-state index contributed by atoms with van der Waals surface area (Å²) in [4.78, 5) is 26.9. The lowest BCUT2D eigenvalue weighted by atomic mass is 9.98. The van der Waals surface area contributed by atoms with Gasteiger partial charge in [-0.15, -0.1) is 0 Å². The number of furan rings is 1. The first-order valence-corrected chi connectivity index (χ1v) is 11.4. The maximum Gasteiger partial charge on any atom is 0.228 e. The van der Waals surface area contributed by atoms with E-state index in [0.717, 1.165) is 26.3 Å². The second kappa shape index (κ2) is 8.93. The van der Waals surface area contributed by atoms with Crippen molar-refractivity contribution in [1.82, 2.24) is 0 Å². The SMILES string of the molecule is CC(=O)c1ccc(Sc2ccc(-c3c(C(=O)c4ccccc4)oc4ccccc34)cc2)cc1. The van der Waals surface area contributed by atoms with Crippen molar-refractivity contribution >= 4 is 34.3 Å². The Kier molecular flexibility index (Phi) is 5.68. The molecule has 1 heterocycles. The van der Waals surface area contributed by atoms with Gasteiger partial charge in [0.2, 0.25) is 5.78 Å². The van der Waals surface area contributed by atoms with Crippen LogP contribution in [0, 0.1) is 0 Å². The quantitative estimate of drug-likeness (QED) is 0.250. The summed E-state index contributed by atoms with van der Waals surface area (Å²) in [6.07, 6.45) is 0. The molecule has 160 valence electrons.